The van der Waals surface area contributed by atoms with E-state index in [9.17, 15) is 0 Å². The summed E-state index contributed by atoms with van der Waals surface area (Å²) in [6.45, 7) is 3.22. The van der Waals surface area contributed by atoms with Gasteiger partial charge in [-0.25, -0.2) is 0 Å². The Hall–Kier alpha value is -0.0800. The first kappa shape index (κ1) is 8.02. The SMILES string of the molecule is CCC(CC1CO1)N(C)C. The van der Waals surface area contributed by atoms with Crippen LogP contribution in [0.5, 0.6) is 0 Å². The van der Waals surface area contributed by atoms with E-state index >= 15 is 0 Å². The fourth-order valence-electron chi connectivity index (χ4n) is 1.25. The Kier molecular flexibility index (Phi) is 2.69. The molecule has 2 atom stereocenters. The Balaban J connectivity index is 2.17. The van der Waals surface area contributed by atoms with Crippen LogP contribution in [0.3, 0.4) is 0 Å². The van der Waals surface area contributed by atoms with Gasteiger partial charge in [-0.05, 0) is 26.9 Å². The minimum Gasteiger partial charge on any atom is -0.373 e. The van der Waals surface area contributed by atoms with Gasteiger partial charge >= 0.3 is 0 Å². The second-order valence-corrected chi connectivity index (χ2v) is 3.22. The highest BCUT2D eigenvalue weighted by atomic mass is 16.6. The smallest absolute Gasteiger partial charge is 0.0824 e. The van der Waals surface area contributed by atoms with E-state index in [4.69, 9.17) is 4.74 Å². The highest BCUT2D eigenvalue weighted by Gasteiger charge is 2.26. The van der Waals surface area contributed by atoms with Crippen LogP contribution in [0.2, 0.25) is 0 Å². The van der Waals surface area contributed by atoms with Crippen molar-refractivity contribution in [2.45, 2.75) is 31.9 Å². The molecule has 0 bridgehead atoms. The maximum atomic E-state index is 5.16. The van der Waals surface area contributed by atoms with Crippen LogP contribution < -0.4 is 0 Å². The zero-order valence-electron chi connectivity index (χ0n) is 7.13. The van der Waals surface area contributed by atoms with E-state index in [0.29, 0.717) is 12.1 Å². The quantitative estimate of drug-likeness (QED) is 0.548. The van der Waals surface area contributed by atoms with Gasteiger partial charge in [0.05, 0.1) is 12.7 Å². The van der Waals surface area contributed by atoms with Crippen LogP contribution in [-0.2, 0) is 4.74 Å². The van der Waals surface area contributed by atoms with Gasteiger partial charge in [-0.2, -0.15) is 0 Å². The Bertz CT molecular complexity index is 99.4. The highest BCUT2D eigenvalue weighted by Crippen LogP contribution is 2.19. The van der Waals surface area contributed by atoms with Crippen molar-refractivity contribution in [3.63, 3.8) is 0 Å². The van der Waals surface area contributed by atoms with Gasteiger partial charge in [-0.1, -0.05) is 6.92 Å². The number of hydrogen-bond donors (Lipinski definition) is 0. The summed E-state index contributed by atoms with van der Waals surface area (Å²) in [5.41, 5.74) is 0. The predicted molar refractivity (Wildman–Crippen MR) is 42.1 cm³/mol. The minimum atomic E-state index is 0.576. The third-order valence-electron chi connectivity index (χ3n) is 2.14. The Morgan fingerprint density at radius 1 is 1.60 bits per heavy atom. The molecule has 0 aromatic heterocycles. The average molecular weight is 143 g/mol. The van der Waals surface area contributed by atoms with Gasteiger partial charge < -0.3 is 9.64 Å². The zero-order chi connectivity index (χ0) is 7.56. The van der Waals surface area contributed by atoms with Crippen molar-refractivity contribution in [3.8, 4) is 0 Å². The third-order valence-corrected chi connectivity index (χ3v) is 2.14. The van der Waals surface area contributed by atoms with Crippen LogP contribution in [0.25, 0.3) is 0 Å². The lowest BCUT2D eigenvalue weighted by Gasteiger charge is -2.21. The molecule has 2 nitrogen and oxygen atoms in total. The van der Waals surface area contributed by atoms with Crippen LogP contribution in [0.15, 0.2) is 0 Å². The standard InChI is InChI=1S/C8H17NO/c1-4-7(9(2)3)5-8-6-10-8/h7-8H,4-6H2,1-3H3. The molecule has 10 heavy (non-hydrogen) atoms. The summed E-state index contributed by atoms with van der Waals surface area (Å²) in [4.78, 5) is 2.28. The van der Waals surface area contributed by atoms with Gasteiger partial charge in [0.1, 0.15) is 0 Å². The summed E-state index contributed by atoms with van der Waals surface area (Å²) in [6.07, 6.45) is 3.02. The molecular formula is C8H17NO. The van der Waals surface area contributed by atoms with Crippen molar-refractivity contribution in [1.82, 2.24) is 4.90 Å². The number of rotatable bonds is 4. The van der Waals surface area contributed by atoms with E-state index in [1.54, 1.807) is 0 Å². The molecule has 2 unspecified atom stereocenters. The zero-order valence-corrected chi connectivity index (χ0v) is 7.13. The van der Waals surface area contributed by atoms with E-state index in [-0.39, 0.29) is 0 Å². The van der Waals surface area contributed by atoms with Crippen molar-refractivity contribution in [1.29, 1.82) is 0 Å². The maximum Gasteiger partial charge on any atom is 0.0824 e. The molecule has 0 amide bonds. The lowest BCUT2D eigenvalue weighted by molar-refractivity contribution is 0.246. The van der Waals surface area contributed by atoms with Crippen molar-refractivity contribution in [3.05, 3.63) is 0 Å². The molecule has 0 aromatic carbocycles. The molecule has 0 radical (unpaired) electrons. The average Bonchev–Trinajstić information content (AvgIpc) is 2.64. The molecule has 1 aliphatic heterocycles. The summed E-state index contributed by atoms with van der Waals surface area (Å²) in [5.74, 6) is 0. The van der Waals surface area contributed by atoms with E-state index in [1.807, 2.05) is 0 Å². The Morgan fingerprint density at radius 2 is 2.20 bits per heavy atom. The van der Waals surface area contributed by atoms with Gasteiger partial charge in [0.25, 0.3) is 0 Å². The summed E-state index contributed by atoms with van der Waals surface area (Å²) >= 11 is 0. The number of epoxide rings is 1. The van der Waals surface area contributed by atoms with E-state index in [1.165, 1.54) is 12.8 Å². The molecule has 1 saturated heterocycles. The van der Waals surface area contributed by atoms with Crippen LogP contribution in [0, 0.1) is 0 Å². The summed E-state index contributed by atoms with van der Waals surface area (Å²) in [6, 6.07) is 0.715. The second-order valence-electron chi connectivity index (χ2n) is 3.22. The second kappa shape index (κ2) is 3.35. The van der Waals surface area contributed by atoms with E-state index < -0.39 is 0 Å². The topological polar surface area (TPSA) is 15.8 Å². The summed E-state index contributed by atoms with van der Waals surface area (Å²) < 4.78 is 5.16. The van der Waals surface area contributed by atoms with E-state index in [2.05, 4.69) is 25.9 Å². The number of hydrogen-bond acceptors (Lipinski definition) is 2. The third kappa shape index (κ3) is 2.27. The van der Waals surface area contributed by atoms with Crippen LogP contribution >= 0.6 is 0 Å². The highest BCUT2D eigenvalue weighted by molar-refractivity contribution is 4.76. The summed E-state index contributed by atoms with van der Waals surface area (Å²) in [7, 11) is 4.27. The van der Waals surface area contributed by atoms with Gasteiger partial charge in [0.15, 0.2) is 0 Å². The monoisotopic (exact) mass is 143 g/mol. The van der Waals surface area contributed by atoms with E-state index in [0.717, 1.165) is 6.61 Å². The molecule has 0 aliphatic carbocycles. The van der Waals surface area contributed by atoms with Gasteiger partial charge in [-0.3, -0.25) is 0 Å². The van der Waals surface area contributed by atoms with Crippen molar-refractivity contribution in [2.75, 3.05) is 20.7 Å². The van der Waals surface area contributed by atoms with Crippen LogP contribution in [-0.4, -0.2) is 37.7 Å². The molecule has 1 rings (SSSR count). The van der Waals surface area contributed by atoms with Crippen LogP contribution in [0.1, 0.15) is 19.8 Å². The molecule has 60 valence electrons. The first-order valence-electron chi connectivity index (χ1n) is 4.02. The lowest BCUT2D eigenvalue weighted by Crippen LogP contribution is -2.28. The van der Waals surface area contributed by atoms with Gasteiger partial charge in [-0.15, -0.1) is 0 Å². The Labute approximate surface area is 63.2 Å². The molecule has 0 N–H and O–H groups in total. The number of ether oxygens (including phenoxy) is 1. The minimum absolute atomic E-state index is 0.576. The molecule has 1 aliphatic rings. The fraction of sp³-hybridized carbons (Fsp3) is 1.00. The van der Waals surface area contributed by atoms with Crippen LogP contribution in [0.4, 0.5) is 0 Å². The Morgan fingerprint density at radius 3 is 2.50 bits per heavy atom. The molecule has 2 heteroatoms. The first-order valence-corrected chi connectivity index (χ1v) is 4.02. The molecule has 1 fully saturated rings. The molecule has 0 saturated carbocycles. The van der Waals surface area contributed by atoms with Crippen molar-refractivity contribution in [2.24, 2.45) is 0 Å². The fourth-order valence-corrected chi connectivity index (χ4v) is 1.25. The van der Waals surface area contributed by atoms with Gasteiger partial charge in [0.2, 0.25) is 0 Å². The molecular weight excluding hydrogens is 126 g/mol. The van der Waals surface area contributed by atoms with Gasteiger partial charge in [0, 0.05) is 6.04 Å². The predicted octanol–water partition coefficient (Wildman–Crippen LogP) is 1.12. The first-order chi connectivity index (χ1) is 4.74. The summed E-state index contributed by atoms with van der Waals surface area (Å²) in [5, 5.41) is 0. The molecule has 0 aromatic rings. The normalized spacial score (nSPS) is 27.0. The van der Waals surface area contributed by atoms with Crippen molar-refractivity contribution >= 4 is 0 Å². The molecule has 1 heterocycles. The number of nitrogens with zero attached hydrogens (tertiary/aromatic N) is 1. The largest absolute Gasteiger partial charge is 0.373 e. The van der Waals surface area contributed by atoms with Crippen molar-refractivity contribution < 1.29 is 4.74 Å². The lowest BCUT2D eigenvalue weighted by atomic mass is 10.1. The molecule has 0 spiro atoms. The maximum absolute atomic E-state index is 5.16.